The number of methoxy groups -OCH3 is 1. The molecule has 0 radical (unpaired) electrons. The Labute approximate surface area is 95.5 Å². The second-order valence-electron chi connectivity index (χ2n) is 3.49. The third kappa shape index (κ3) is 10.0. The number of halogens is 1. The molecule has 0 aromatic heterocycles. The summed E-state index contributed by atoms with van der Waals surface area (Å²) in [5, 5.41) is 1.12. The predicted molar refractivity (Wildman–Crippen MR) is 62.7 cm³/mol. The second-order valence-corrected chi connectivity index (χ2v) is 4.28. The molecule has 84 valence electrons. The van der Waals surface area contributed by atoms with E-state index in [4.69, 9.17) is 0 Å². The Kier molecular flexibility index (Phi) is 11.0. The van der Waals surface area contributed by atoms with Crippen molar-refractivity contribution in [2.24, 2.45) is 0 Å². The molecule has 0 saturated carbocycles. The number of rotatable bonds is 9. The fourth-order valence-corrected chi connectivity index (χ4v) is 1.75. The first-order valence-electron chi connectivity index (χ1n) is 5.44. The van der Waals surface area contributed by atoms with Gasteiger partial charge in [-0.2, -0.15) is 0 Å². The van der Waals surface area contributed by atoms with E-state index in [2.05, 4.69) is 20.7 Å². The van der Waals surface area contributed by atoms with E-state index in [-0.39, 0.29) is 5.97 Å². The van der Waals surface area contributed by atoms with Crippen LogP contribution in [0, 0.1) is 0 Å². The van der Waals surface area contributed by atoms with Crippen molar-refractivity contribution in [3.63, 3.8) is 0 Å². The largest absolute Gasteiger partial charge is 0.469 e. The van der Waals surface area contributed by atoms with Crippen LogP contribution in [0.4, 0.5) is 0 Å². The van der Waals surface area contributed by atoms with Gasteiger partial charge < -0.3 is 4.74 Å². The molecular weight excluding hydrogens is 244 g/mol. The van der Waals surface area contributed by atoms with Crippen LogP contribution in [0.3, 0.4) is 0 Å². The first-order valence-corrected chi connectivity index (χ1v) is 6.56. The van der Waals surface area contributed by atoms with E-state index >= 15 is 0 Å². The van der Waals surface area contributed by atoms with Crippen molar-refractivity contribution in [3.8, 4) is 0 Å². The van der Waals surface area contributed by atoms with Crippen LogP contribution in [0.25, 0.3) is 0 Å². The molecule has 0 aromatic carbocycles. The number of unbranched alkanes of at least 4 members (excludes halogenated alkanes) is 6. The van der Waals surface area contributed by atoms with E-state index in [1.807, 2.05) is 0 Å². The van der Waals surface area contributed by atoms with E-state index in [1.54, 1.807) is 0 Å². The first-order chi connectivity index (χ1) is 6.81. The van der Waals surface area contributed by atoms with Gasteiger partial charge in [-0.15, -0.1) is 0 Å². The molecule has 14 heavy (non-hydrogen) atoms. The number of esters is 1. The summed E-state index contributed by atoms with van der Waals surface area (Å²) in [5.41, 5.74) is 0. The van der Waals surface area contributed by atoms with E-state index in [0.29, 0.717) is 6.42 Å². The standard InChI is InChI=1S/C11H21BrO2/c1-14-11(13)9-7-5-3-2-4-6-8-10-12/h2-10H2,1H3. The molecule has 0 rings (SSSR count). The molecule has 0 bridgehead atoms. The summed E-state index contributed by atoms with van der Waals surface area (Å²) in [5.74, 6) is -0.0794. The van der Waals surface area contributed by atoms with Crippen LogP contribution in [-0.2, 0) is 9.53 Å². The van der Waals surface area contributed by atoms with Crippen molar-refractivity contribution >= 4 is 21.9 Å². The molecule has 0 fully saturated rings. The molecule has 0 aliphatic heterocycles. The zero-order chi connectivity index (χ0) is 10.6. The van der Waals surface area contributed by atoms with E-state index < -0.39 is 0 Å². The minimum Gasteiger partial charge on any atom is -0.469 e. The van der Waals surface area contributed by atoms with Crippen LogP contribution >= 0.6 is 15.9 Å². The SMILES string of the molecule is COC(=O)CCCCCCCCCBr. The molecule has 0 N–H and O–H groups in total. The fraction of sp³-hybridized carbons (Fsp3) is 0.909. The molecule has 3 heteroatoms. The molecule has 0 aromatic rings. The Morgan fingerprint density at radius 2 is 1.50 bits per heavy atom. The first kappa shape index (κ1) is 13.9. The Morgan fingerprint density at radius 3 is 2.00 bits per heavy atom. The van der Waals surface area contributed by atoms with Crippen molar-refractivity contribution in [1.82, 2.24) is 0 Å². The molecule has 2 nitrogen and oxygen atoms in total. The molecule has 0 heterocycles. The summed E-state index contributed by atoms with van der Waals surface area (Å²) < 4.78 is 4.57. The number of ether oxygens (including phenoxy) is 1. The summed E-state index contributed by atoms with van der Waals surface area (Å²) in [6.45, 7) is 0. The van der Waals surface area contributed by atoms with Gasteiger partial charge in [0.15, 0.2) is 0 Å². The zero-order valence-electron chi connectivity index (χ0n) is 9.06. The fourth-order valence-electron chi connectivity index (χ4n) is 1.35. The van der Waals surface area contributed by atoms with E-state index in [1.165, 1.54) is 39.2 Å². The van der Waals surface area contributed by atoms with Gasteiger partial charge in [0.1, 0.15) is 0 Å². The number of alkyl halides is 1. The summed E-state index contributed by atoms with van der Waals surface area (Å²) >= 11 is 3.42. The summed E-state index contributed by atoms with van der Waals surface area (Å²) in [6, 6.07) is 0. The van der Waals surface area contributed by atoms with Crippen LogP contribution in [-0.4, -0.2) is 18.4 Å². The van der Waals surface area contributed by atoms with Crippen LogP contribution < -0.4 is 0 Å². The molecule has 0 aliphatic carbocycles. The number of hydrogen-bond acceptors (Lipinski definition) is 2. The Bertz CT molecular complexity index is 137. The molecular formula is C11H21BrO2. The smallest absolute Gasteiger partial charge is 0.305 e. The highest BCUT2D eigenvalue weighted by molar-refractivity contribution is 9.09. The van der Waals surface area contributed by atoms with Gasteiger partial charge in [0.2, 0.25) is 0 Å². The Hall–Kier alpha value is -0.0500. The lowest BCUT2D eigenvalue weighted by Gasteiger charge is -2.00. The third-order valence-corrected chi connectivity index (χ3v) is 2.80. The average molecular weight is 265 g/mol. The van der Waals surface area contributed by atoms with Crippen molar-refractivity contribution in [2.45, 2.75) is 51.4 Å². The highest BCUT2D eigenvalue weighted by Crippen LogP contribution is 2.09. The van der Waals surface area contributed by atoms with Gasteiger partial charge in [-0.1, -0.05) is 48.0 Å². The molecule has 0 saturated heterocycles. The minimum absolute atomic E-state index is 0.0794. The molecule has 0 atom stereocenters. The van der Waals surface area contributed by atoms with Gasteiger partial charge in [0.25, 0.3) is 0 Å². The van der Waals surface area contributed by atoms with Crippen LogP contribution in [0.1, 0.15) is 51.4 Å². The summed E-state index contributed by atoms with van der Waals surface area (Å²) in [7, 11) is 1.45. The van der Waals surface area contributed by atoms with Gasteiger partial charge in [0, 0.05) is 11.8 Å². The maximum Gasteiger partial charge on any atom is 0.305 e. The average Bonchev–Trinajstić information content (AvgIpc) is 2.21. The lowest BCUT2D eigenvalue weighted by Crippen LogP contribution is -1.99. The lowest BCUT2D eigenvalue weighted by molar-refractivity contribution is -0.140. The number of carbonyl (C=O) groups excluding carboxylic acids is 1. The van der Waals surface area contributed by atoms with E-state index in [9.17, 15) is 4.79 Å². The van der Waals surface area contributed by atoms with Crippen molar-refractivity contribution in [2.75, 3.05) is 12.4 Å². The predicted octanol–water partition coefficient (Wildman–Crippen LogP) is 3.68. The molecule has 0 unspecified atom stereocenters. The maximum absolute atomic E-state index is 10.8. The molecule has 0 aliphatic rings. The topological polar surface area (TPSA) is 26.3 Å². The van der Waals surface area contributed by atoms with Gasteiger partial charge in [-0.05, 0) is 12.8 Å². The van der Waals surface area contributed by atoms with Gasteiger partial charge in [-0.3, -0.25) is 4.79 Å². The summed E-state index contributed by atoms with van der Waals surface area (Å²) in [6.07, 6.45) is 9.19. The highest BCUT2D eigenvalue weighted by Gasteiger charge is 1.98. The lowest BCUT2D eigenvalue weighted by atomic mass is 10.1. The maximum atomic E-state index is 10.8. The minimum atomic E-state index is -0.0794. The van der Waals surface area contributed by atoms with Crippen molar-refractivity contribution < 1.29 is 9.53 Å². The third-order valence-electron chi connectivity index (χ3n) is 2.24. The number of hydrogen-bond donors (Lipinski definition) is 0. The zero-order valence-corrected chi connectivity index (χ0v) is 10.6. The van der Waals surface area contributed by atoms with Crippen molar-refractivity contribution in [3.05, 3.63) is 0 Å². The Morgan fingerprint density at radius 1 is 1.00 bits per heavy atom. The quantitative estimate of drug-likeness (QED) is 0.361. The highest BCUT2D eigenvalue weighted by atomic mass is 79.9. The van der Waals surface area contributed by atoms with Crippen LogP contribution in [0.5, 0.6) is 0 Å². The van der Waals surface area contributed by atoms with Gasteiger partial charge in [0.05, 0.1) is 7.11 Å². The van der Waals surface area contributed by atoms with Crippen LogP contribution in [0.15, 0.2) is 0 Å². The normalized spacial score (nSPS) is 10.1. The Balaban J connectivity index is 2.95. The van der Waals surface area contributed by atoms with Gasteiger partial charge in [-0.25, -0.2) is 0 Å². The van der Waals surface area contributed by atoms with Crippen LogP contribution in [0.2, 0.25) is 0 Å². The second kappa shape index (κ2) is 11.0. The molecule has 0 spiro atoms. The van der Waals surface area contributed by atoms with Crippen molar-refractivity contribution in [1.29, 1.82) is 0 Å². The molecule has 0 amide bonds. The van der Waals surface area contributed by atoms with E-state index in [0.717, 1.165) is 18.2 Å². The number of carbonyl (C=O) groups is 1. The van der Waals surface area contributed by atoms with Gasteiger partial charge >= 0.3 is 5.97 Å². The monoisotopic (exact) mass is 264 g/mol. The summed E-state index contributed by atoms with van der Waals surface area (Å²) in [4.78, 5) is 10.8.